The number of aliphatic hydroxyl groups is 1. The van der Waals surface area contributed by atoms with Crippen molar-refractivity contribution in [3.8, 4) is 22.8 Å². The molecule has 0 spiro atoms. The van der Waals surface area contributed by atoms with Crippen molar-refractivity contribution < 1.29 is 14.6 Å². The number of hydrogen-bond donors (Lipinski definition) is 5. The summed E-state index contributed by atoms with van der Waals surface area (Å²) in [5.41, 5.74) is 3.37. The highest BCUT2D eigenvalue weighted by atomic mass is 16.5. The van der Waals surface area contributed by atoms with Crippen molar-refractivity contribution in [2.75, 3.05) is 37.9 Å². The second-order valence-corrected chi connectivity index (χ2v) is 7.93. The first-order valence-electron chi connectivity index (χ1n) is 10.9. The van der Waals surface area contributed by atoms with E-state index in [9.17, 15) is 5.11 Å². The van der Waals surface area contributed by atoms with Gasteiger partial charge in [-0.3, -0.25) is 0 Å². The number of benzene rings is 1. The predicted molar refractivity (Wildman–Crippen MR) is 134 cm³/mol. The summed E-state index contributed by atoms with van der Waals surface area (Å²) in [6, 6.07) is 7.42. The van der Waals surface area contributed by atoms with E-state index in [0.29, 0.717) is 46.5 Å². The zero-order valence-electron chi connectivity index (χ0n) is 19.8. The number of aromatic nitrogens is 3. The Hall–Kier alpha value is -3.76. The van der Waals surface area contributed by atoms with E-state index in [2.05, 4.69) is 25.9 Å². The smallest absolute Gasteiger partial charge is 0.137 e. The van der Waals surface area contributed by atoms with Crippen LogP contribution in [-0.4, -0.2) is 65.7 Å². The first-order valence-corrected chi connectivity index (χ1v) is 10.9. The number of hydrogen-bond acceptors (Lipinski definition) is 10. The van der Waals surface area contributed by atoms with Gasteiger partial charge in [-0.2, -0.15) is 0 Å². The molecule has 10 heteroatoms. The number of ether oxygens (including phenoxy) is 2. The first-order chi connectivity index (χ1) is 16.4. The highest BCUT2D eigenvalue weighted by molar-refractivity contribution is 5.95. The number of anilines is 3. The van der Waals surface area contributed by atoms with Crippen LogP contribution in [0.25, 0.3) is 11.3 Å². The minimum Gasteiger partial charge on any atom is -0.497 e. The van der Waals surface area contributed by atoms with E-state index < -0.39 is 6.10 Å². The second-order valence-electron chi connectivity index (χ2n) is 7.93. The summed E-state index contributed by atoms with van der Waals surface area (Å²) in [6.45, 7) is 4.57. The molecule has 0 radical (unpaired) electrons. The van der Waals surface area contributed by atoms with Crippen molar-refractivity contribution in [1.82, 2.24) is 20.3 Å². The van der Waals surface area contributed by atoms with E-state index in [1.165, 1.54) is 12.5 Å². The fraction of sp³-hybridized carbons (Fsp3) is 0.333. The molecule has 34 heavy (non-hydrogen) atoms. The van der Waals surface area contributed by atoms with Crippen LogP contribution in [0.2, 0.25) is 0 Å². The SMILES string of the molecule is CNCC(O)COc1cc(OC)cc(-c2cc(Nc3cncnc3)c(C=N)c(NC(C)C)n2)c1. The van der Waals surface area contributed by atoms with Crippen molar-refractivity contribution in [3.63, 3.8) is 0 Å². The van der Waals surface area contributed by atoms with Gasteiger partial charge >= 0.3 is 0 Å². The first kappa shape index (κ1) is 24.9. The molecule has 1 aromatic carbocycles. The fourth-order valence-corrected chi connectivity index (χ4v) is 3.26. The highest BCUT2D eigenvalue weighted by Gasteiger charge is 2.16. The zero-order chi connectivity index (χ0) is 24.5. The van der Waals surface area contributed by atoms with Crippen molar-refractivity contribution in [2.24, 2.45) is 0 Å². The maximum atomic E-state index is 10.00. The molecule has 3 aromatic rings. The third-order valence-electron chi connectivity index (χ3n) is 4.76. The number of methoxy groups -OCH3 is 1. The lowest BCUT2D eigenvalue weighted by molar-refractivity contribution is 0.108. The Kier molecular flexibility index (Phi) is 8.72. The zero-order valence-corrected chi connectivity index (χ0v) is 19.8. The summed E-state index contributed by atoms with van der Waals surface area (Å²) in [5, 5.41) is 27.5. The molecule has 10 nitrogen and oxygen atoms in total. The van der Waals surface area contributed by atoms with E-state index >= 15 is 0 Å². The monoisotopic (exact) mass is 465 g/mol. The van der Waals surface area contributed by atoms with Gasteiger partial charge in [0.05, 0.1) is 42.1 Å². The van der Waals surface area contributed by atoms with Crippen molar-refractivity contribution in [1.29, 1.82) is 5.41 Å². The standard InChI is InChI=1S/C24H31N7O3/c1-15(2)29-24-21(9-25)23(30-17-10-27-14-28-11-17)8-22(31-24)16-5-19(33-4)7-20(6-16)34-13-18(32)12-26-3/h5-11,14-15,18,25-26,32H,12-13H2,1-4H3,(H2,29,30,31). The predicted octanol–water partition coefficient (Wildman–Crippen LogP) is 3.07. The quantitative estimate of drug-likeness (QED) is 0.256. The number of likely N-dealkylation sites (N-methyl/N-ethyl adjacent to an activating group) is 1. The van der Waals surface area contributed by atoms with Gasteiger partial charge in [-0.1, -0.05) is 0 Å². The lowest BCUT2D eigenvalue weighted by atomic mass is 10.1. The Morgan fingerprint density at radius 3 is 2.50 bits per heavy atom. The van der Waals surface area contributed by atoms with Gasteiger partial charge in [-0.15, -0.1) is 0 Å². The molecule has 1 atom stereocenters. The minimum atomic E-state index is -0.643. The average molecular weight is 466 g/mol. The Bertz CT molecular complexity index is 1090. The van der Waals surface area contributed by atoms with Crippen LogP contribution in [0, 0.1) is 5.41 Å². The topological polar surface area (TPSA) is 137 Å². The van der Waals surface area contributed by atoms with Gasteiger partial charge in [0.15, 0.2) is 0 Å². The fourth-order valence-electron chi connectivity index (χ4n) is 3.26. The molecule has 1 unspecified atom stereocenters. The van der Waals surface area contributed by atoms with Gasteiger partial charge in [0.25, 0.3) is 0 Å². The molecule has 0 bridgehead atoms. The molecule has 180 valence electrons. The summed E-state index contributed by atoms with van der Waals surface area (Å²) in [6.07, 6.45) is 5.39. The number of nitrogens with one attached hydrogen (secondary N) is 4. The molecule has 0 aliphatic heterocycles. The molecule has 0 fully saturated rings. The number of nitrogens with zero attached hydrogens (tertiary/aromatic N) is 3. The molecular formula is C24H31N7O3. The van der Waals surface area contributed by atoms with Crippen LogP contribution in [0.15, 0.2) is 43.0 Å². The van der Waals surface area contributed by atoms with E-state index in [0.717, 1.165) is 5.56 Å². The molecule has 5 N–H and O–H groups in total. The third kappa shape index (κ3) is 6.63. The molecule has 0 saturated carbocycles. The van der Waals surface area contributed by atoms with Crippen LogP contribution in [-0.2, 0) is 0 Å². The summed E-state index contributed by atoms with van der Waals surface area (Å²) in [5.74, 6) is 1.71. The minimum absolute atomic E-state index is 0.104. The van der Waals surface area contributed by atoms with Crippen LogP contribution in [0.5, 0.6) is 11.5 Å². The lowest BCUT2D eigenvalue weighted by Gasteiger charge is -2.18. The maximum Gasteiger partial charge on any atom is 0.137 e. The van der Waals surface area contributed by atoms with Gasteiger partial charge < -0.3 is 35.9 Å². The third-order valence-corrected chi connectivity index (χ3v) is 4.76. The van der Waals surface area contributed by atoms with Gasteiger partial charge in [0.2, 0.25) is 0 Å². The average Bonchev–Trinajstić information content (AvgIpc) is 2.83. The van der Waals surface area contributed by atoms with Crippen LogP contribution < -0.4 is 25.4 Å². The molecule has 2 aromatic heterocycles. The molecule has 0 saturated heterocycles. The highest BCUT2D eigenvalue weighted by Crippen LogP contribution is 2.34. The number of rotatable bonds is 12. The summed E-state index contributed by atoms with van der Waals surface area (Å²) >= 11 is 0. The normalized spacial score (nSPS) is 11.7. The van der Waals surface area contributed by atoms with Gasteiger partial charge in [-0.25, -0.2) is 15.0 Å². The largest absolute Gasteiger partial charge is 0.497 e. The Labute approximate surface area is 199 Å². The van der Waals surface area contributed by atoms with Crippen molar-refractivity contribution in [3.05, 3.63) is 48.5 Å². The van der Waals surface area contributed by atoms with Gasteiger partial charge in [-0.05, 0) is 39.1 Å². The van der Waals surface area contributed by atoms with Crippen LogP contribution >= 0.6 is 0 Å². The van der Waals surface area contributed by atoms with Crippen LogP contribution in [0.3, 0.4) is 0 Å². The summed E-state index contributed by atoms with van der Waals surface area (Å²) < 4.78 is 11.3. The molecule has 0 amide bonds. The van der Waals surface area contributed by atoms with Crippen molar-refractivity contribution in [2.45, 2.75) is 26.0 Å². The van der Waals surface area contributed by atoms with Gasteiger partial charge in [0, 0.05) is 30.4 Å². The molecule has 3 rings (SSSR count). The van der Waals surface area contributed by atoms with Crippen molar-refractivity contribution >= 4 is 23.4 Å². The molecule has 0 aliphatic rings. The summed E-state index contributed by atoms with van der Waals surface area (Å²) in [7, 11) is 3.35. The summed E-state index contributed by atoms with van der Waals surface area (Å²) in [4.78, 5) is 12.9. The van der Waals surface area contributed by atoms with E-state index in [1.54, 1.807) is 32.6 Å². The lowest BCUT2D eigenvalue weighted by Crippen LogP contribution is -2.29. The number of pyridine rings is 1. The Morgan fingerprint density at radius 1 is 1.12 bits per heavy atom. The maximum absolute atomic E-state index is 10.00. The van der Waals surface area contributed by atoms with Crippen LogP contribution in [0.4, 0.5) is 17.2 Å². The Morgan fingerprint density at radius 2 is 1.85 bits per heavy atom. The van der Waals surface area contributed by atoms with E-state index in [4.69, 9.17) is 19.9 Å². The molecular weight excluding hydrogens is 434 g/mol. The second kappa shape index (κ2) is 11.9. The van der Waals surface area contributed by atoms with Crippen LogP contribution in [0.1, 0.15) is 19.4 Å². The van der Waals surface area contributed by atoms with E-state index in [1.807, 2.05) is 32.0 Å². The van der Waals surface area contributed by atoms with E-state index in [-0.39, 0.29) is 12.6 Å². The van der Waals surface area contributed by atoms with Gasteiger partial charge in [0.1, 0.15) is 36.4 Å². The molecule has 0 aliphatic carbocycles. The molecule has 2 heterocycles. The number of aliphatic hydroxyl groups excluding tert-OH is 1. The Balaban J connectivity index is 2.05.